The number of halogens is 1. The van der Waals surface area contributed by atoms with Crippen LogP contribution in [-0.2, 0) is 11.3 Å². The van der Waals surface area contributed by atoms with Crippen LogP contribution >= 0.6 is 0 Å². The van der Waals surface area contributed by atoms with Crippen LogP contribution in [0, 0.1) is 17.1 Å². The number of nitriles is 1. The van der Waals surface area contributed by atoms with Crippen LogP contribution in [0.1, 0.15) is 24.0 Å². The molecular weight excluding hydrogens is 219 g/mol. The number of hydrogen-bond donors (Lipinski definition) is 1. The van der Waals surface area contributed by atoms with E-state index in [-0.39, 0.29) is 11.9 Å². The average Bonchev–Trinajstić information content (AvgIpc) is 2.82. The summed E-state index contributed by atoms with van der Waals surface area (Å²) in [5.41, 5.74) is 1.22. The van der Waals surface area contributed by atoms with Crippen molar-refractivity contribution in [2.45, 2.75) is 25.5 Å². The smallest absolute Gasteiger partial charge is 0.123 e. The Balaban J connectivity index is 1.89. The summed E-state index contributed by atoms with van der Waals surface area (Å²) in [5.74, 6) is -0.307. The second kappa shape index (κ2) is 5.76. The molecule has 3 nitrogen and oxygen atoms in total. The van der Waals surface area contributed by atoms with Crippen molar-refractivity contribution in [2.24, 2.45) is 0 Å². The maximum absolute atomic E-state index is 13.0. The molecule has 0 aromatic heterocycles. The summed E-state index contributed by atoms with van der Waals surface area (Å²) in [5, 5.41) is 12.1. The molecule has 1 fully saturated rings. The van der Waals surface area contributed by atoms with Gasteiger partial charge in [-0.1, -0.05) is 0 Å². The molecule has 0 aliphatic carbocycles. The lowest BCUT2D eigenvalue weighted by Gasteiger charge is -2.11. The van der Waals surface area contributed by atoms with Crippen molar-refractivity contribution in [1.29, 1.82) is 5.26 Å². The highest BCUT2D eigenvalue weighted by atomic mass is 19.1. The van der Waals surface area contributed by atoms with Gasteiger partial charge in [-0.3, -0.25) is 0 Å². The van der Waals surface area contributed by atoms with Crippen LogP contribution in [0.4, 0.5) is 4.39 Å². The average molecular weight is 234 g/mol. The predicted molar refractivity (Wildman–Crippen MR) is 61.8 cm³/mol. The van der Waals surface area contributed by atoms with Crippen LogP contribution < -0.4 is 5.32 Å². The molecule has 17 heavy (non-hydrogen) atoms. The summed E-state index contributed by atoms with van der Waals surface area (Å²) in [6, 6.07) is 6.29. The highest BCUT2D eigenvalue weighted by molar-refractivity contribution is 5.37. The van der Waals surface area contributed by atoms with Gasteiger partial charge in [-0.2, -0.15) is 5.26 Å². The number of nitrogens with zero attached hydrogens (tertiary/aromatic N) is 1. The zero-order chi connectivity index (χ0) is 12.1. The summed E-state index contributed by atoms with van der Waals surface area (Å²) < 4.78 is 18.5. The third kappa shape index (κ3) is 3.26. The van der Waals surface area contributed by atoms with E-state index in [1.54, 1.807) is 0 Å². The van der Waals surface area contributed by atoms with E-state index in [0.717, 1.165) is 26.0 Å². The van der Waals surface area contributed by atoms with Gasteiger partial charge in [0.1, 0.15) is 5.82 Å². The topological polar surface area (TPSA) is 45.0 Å². The summed E-state index contributed by atoms with van der Waals surface area (Å²) in [6.45, 7) is 2.08. The lowest BCUT2D eigenvalue weighted by atomic mass is 10.1. The summed E-state index contributed by atoms with van der Waals surface area (Å²) in [7, 11) is 0. The van der Waals surface area contributed by atoms with Crippen LogP contribution in [0.25, 0.3) is 0 Å². The Morgan fingerprint density at radius 2 is 2.41 bits per heavy atom. The zero-order valence-corrected chi connectivity index (χ0v) is 9.58. The lowest BCUT2D eigenvalue weighted by Crippen LogP contribution is -2.26. The molecule has 0 bridgehead atoms. The first kappa shape index (κ1) is 12.0. The lowest BCUT2D eigenvalue weighted by molar-refractivity contribution is 0.110. The summed E-state index contributed by atoms with van der Waals surface area (Å²) >= 11 is 0. The number of benzene rings is 1. The second-order valence-electron chi connectivity index (χ2n) is 4.18. The molecule has 1 aromatic rings. The molecule has 90 valence electrons. The Bertz CT molecular complexity index is 422. The van der Waals surface area contributed by atoms with Gasteiger partial charge in [-0.25, -0.2) is 4.39 Å². The van der Waals surface area contributed by atoms with Gasteiger partial charge >= 0.3 is 0 Å². The van der Waals surface area contributed by atoms with E-state index in [4.69, 9.17) is 10.00 Å². The summed E-state index contributed by atoms with van der Waals surface area (Å²) in [6.07, 6.45) is 2.44. The molecular formula is C13H15FN2O. The first-order valence-corrected chi connectivity index (χ1v) is 5.80. The number of hydrogen-bond acceptors (Lipinski definition) is 3. The van der Waals surface area contributed by atoms with Crippen molar-refractivity contribution in [2.75, 3.05) is 13.2 Å². The summed E-state index contributed by atoms with van der Waals surface area (Å²) in [4.78, 5) is 0. The van der Waals surface area contributed by atoms with Crippen LogP contribution in [0.15, 0.2) is 18.2 Å². The van der Waals surface area contributed by atoms with E-state index in [1.165, 1.54) is 18.2 Å². The first-order chi connectivity index (χ1) is 8.29. The largest absolute Gasteiger partial charge is 0.377 e. The molecule has 0 saturated carbocycles. The van der Waals surface area contributed by atoms with Crippen molar-refractivity contribution >= 4 is 0 Å². The van der Waals surface area contributed by atoms with E-state index >= 15 is 0 Å². The third-order valence-corrected chi connectivity index (χ3v) is 2.90. The maximum atomic E-state index is 13.0. The van der Waals surface area contributed by atoms with Gasteiger partial charge in [0.05, 0.1) is 17.7 Å². The molecule has 1 aliphatic rings. The maximum Gasteiger partial charge on any atom is 0.123 e. The van der Waals surface area contributed by atoms with Crippen molar-refractivity contribution in [3.63, 3.8) is 0 Å². The van der Waals surface area contributed by atoms with Gasteiger partial charge in [-0.15, -0.1) is 0 Å². The predicted octanol–water partition coefficient (Wildman–Crippen LogP) is 1.97. The molecule has 1 saturated heterocycles. The van der Waals surface area contributed by atoms with Gasteiger partial charge in [0.25, 0.3) is 0 Å². The molecule has 1 aromatic carbocycles. The standard InChI is InChI=1S/C13H15FN2O/c14-12-4-3-10(7-15)11(6-12)8-16-9-13-2-1-5-17-13/h3-4,6,13,16H,1-2,5,8-9H2. The Morgan fingerprint density at radius 3 is 3.12 bits per heavy atom. The molecule has 1 aliphatic heterocycles. The van der Waals surface area contributed by atoms with Crippen LogP contribution in [0.3, 0.4) is 0 Å². The van der Waals surface area contributed by atoms with Crippen LogP contribution in [0.5, 0.6) is 0 Å². The SMILES string of the molecule is N#Cc1ccc(F)cc1CNCC1CCCO1. The van der Waals surface area contributed by atoms with Gasteiger partial charge in [-0.05, 0) is 36.6 Å². The van der Waals surface area contributed by atoms with Crippen molar-refractivity contribution < 1.29 is 9.13 Å². The monoisotopic (exact) mass is 234 g/mol. The second-order valence-corrected chi connectivity index (χ2v) is 4.18. The Kier molecular flexibility index (Phi) is 4.08. The Morgan fingerprint density at radius 1 is 1.53 bits per heavy atom. The highest BCUT2D eigenvalue weighted by Crippen LogP contribution is 2.12. The van der Waals surface area contributed by atoms with Crippen LogP contribution in [0.2, 0.25) is 0 Å². The van der Waals surface area contributed by atoms with E-state index in [9.17, 15) is 4.39 Å². The molecule has 2 rings (SSSR count). The van der Waals surface area contributed by atoms with E-state index in [2.05, 4.69) is 11.4 Å². The van der Waals surface area contributed by atoms with Gasteiger partial charge in [0.2, 0.25) is 0 Å². The molecule has 1 atom stereocenters. The molecule has 1 N–H and O–H groups in total. The van der Waals surface area contributed by atoms with Gasteiger partial charge in [0.15, 0.2) is 0 Å². The fourth-order valence-electron chi connectivity index (χ4n) is 1.99. The molecule has 4 heteroatoms. The van der Waals surface area contributed by atoms with E-state index in [0.29, 0.717) is 17.7 Å². The van der Waals surface area contributed by atoms with E-state index in [1.807, 2.05) is 0 Å². The van der Waals surface area contributed by atoms with E-state index < -0.39 is 0 Å². The van der Waals surface area contributed by atoms with Crippen molar-refractivity contribution in [3.05, 3.63) is 35.1 Å². The molecule has 0 spiro atoms. The fourth-order valence-corrected chi connectivity index (χ4v) is 1.99. The van der Waals surface area contributed by atoms with Crippen LogP contribution in [-0.4, -0.2) is 19.3 Å². The quantitative estimate of drug-likeness (QED) is 0.866. The van der Waals surface area contributed by atoms with Crippen molar-refractivity contribution in [1.82, 2.24) is 5.32 Å². The fraction of sp³-hybridized carbons (Fsp3) is 0.462. The normalized spacial score (nSPS) is 19.2. The number of nitrogens with one attached hydrogen (secondary N) is 1. The molecule has 1 heterocycles. The Labute approximate surface area is 100 Å². The number of rotatable bonds is 4. The Hall–Kier alpha value is -1.44. The minimum absolute atomic E-state index is 0.258. The molecule has 0 amide bonds. The third-order valence-electron chi connectivity index (χ3n) is 2.90. The zero-order valence-electron chi connectivity index (χ0n) is 9.58. The minimum Gasteiger partial charge on any atom is -0.377 e. The highest BCUT2D eigenvalue weighted by Gasteiger charge is 2.14. The minimum atomic E-state index is -0.307. The van der Waals surface area contributed by atoms with Crippen molar-refractivity contribution in [3.8, 4) is 6.07 Å². The first-order valence-electron chi connectivity index (χ1n) is 5.80. The van der Waals surface area contributed by atoms with Gasteiger partial charge in [0, 0.05) is 19.7 Å². The number of ether oxygens (including phenoxy) is 1. The van der Waals surface area contributed by atoms with Gasteiger partial charge < -0.3 is 10.1 Å². The molecule has 0 radical (unpaired) electrons. The molecule has 1 unspecified atom stereocenters.